The molecule has 1 saturated heterocycles. The topological polar surface area (TPSA) is 107 Å². The Morgan fingerprint density at radius 3 is 2.67 bits per heavy atom. The number of nitrogens with one attached hydrogen (secondary N) is 1. The molecule has 1 aliphatic rings. The third-order valence-corrected chi connectivity index (χ3v) is 9.03. The fraction of sp³-hybridized carbons (Fsp3) is 0.469. The van der Waals surface area contributed by atoms with Gasteiger partial charge in [0.15, 0.2) is 0 Å². The van der Waals surface area contributed by atoms with Crippen molar-refractivity contribution in [3.05, 3.63) is 54.5 Å². The van der Waals surface area contributed by atoms with Crippen LogP contribution in [0.2, 0.25) is 25.7 Å². The van der Waals surface area contributed by atoms with Crippen molar-refractivity contribution in [1.29, 1.82) is 0 Å². The van der Waals surface area contributed by atoms with Crippen molar-refractivity contribution in [2.45, 2.75) is 78.2 Å². The summed E-state index contributed by atoms with van der Waals surface area (Å²) in [6.45, 7) is 17.2. The Morgan fingerprint density at radius 2 is 1.95 bits per heavy atom. The first-order valence-corrected chi connectivity index (χ1v) is 18.6. The summed E-state index contributed by atoms with van der Waals surface area (Å²) in [4.78, 5) is 28.7. The third-order valence-electron chi connectivity index (χ3n) is 7.33. The summed E-state index contributed by atoms with van der Waals surface area (Å²) in [6, 6.07) is 11.2. The zero-order valence-corrected chi connectivity index (χ0v) is 27.3. The van der Waals surface area contributed by atoms with Crippen molar-refractivity contribution < 1.29 is 14.3 Å². The number of amides is 1. The van der Waals surface area contributed by atoms with Crippen LogP contribution in [0.15, 0.2) is 48.9 Å². The van der Waals surface area contributed by atoms with Crippen LogP contribution in [-0.4, -0.2) is 70.2 Å². The monoisotopic (exact) mass is 601 g/mol. The van der Waals surface area contributed by atoms with E-state index in [9.17, 15) is 4.79 Å². The molecule has 5 heterocycles. The van der Waals surface area contributed by atoms with Gasteiger partial charge in [0.25, 0.3) is 0 Å². The lowest BCUT2D eigenvalue weighted by Gasteiger charge is -2.23. The minimum absolute atomic E-state index is 0.0128. The summed E-state index contributed by atoms with van der Waals surface area (Å²) >= 11 is 0. The molecule has 0 radical (unpaired) electrons. The van der Waals surface area contributed by atoms with Gasteiger partial charge in [0.2, 0.25) is 0 Å². The van der Waals surface area contributed by atoms with Gasteiger partial charge in [-0.05, 0) is 70.0 Å². The molecule has 0 saturated carbocycles. The van der Waals surface area contributed by atoms with Gasteiger partial charge in [0, 0.05) is 51.1 Å². The number of carbonyl (C=O) groups excluding carboxylic acids is 1. The molecule has 0 aliphatic carbocycles. The number of nitrogens with zero attached hydrogens (tertiary/aromatic N) is 6. The molecule has 5 rings (SSSR count). The minimum Gasteiger partial charge on any atom is -0.444 e. The number of rotatable bonds is 9. The lowest BCUT2D eigenvalue weighted by atomic mass is 10.1. The zero-order chi connectivity index (χ0) is 30.8. The van der Waals surface area contributed by atoms with E-state index in [1.807, 2.05) is 56.0 Å². The Kier molecular flexibility index (Phi) is 8.84. The summed E-state index contributed by atoms with van der Waals surface area (Å²) in [5, 5.41) is 8.98. The van der Waals surface area contributed by atoms with Crippen LogP contribution in [0.4, 0.5) is 10.6 Å². The first-order chi connectivity index (χ1) is 20.4. The van der Waals surface area contributed by atoms with Crippen molar-refractivity contribution in [2.75, 3.05) is 24.6 Å². The maximum absolute atomic E-state index is 12.4. The molecule has 0 spiro atoms. The van der Waals surface area contributed by atoms with Crippen LogP contribution in [-0.2, 0) is 16.2 Å². The molecule has 4 aromatic rings. The van der Waals surface area contributed by atoms with E-state index < -0.39 is 13.7 Å². The van der Waals surface area contributed by atoms with Gasteiger partial charge in [0.1, 0.15) is 23.8 Å². The average Bonchev–Trinajstić information content (AvgIpc) is 3.54. The number of ether oxygens (including phenoxy) is 2. The van der Waals surface area contributed by atoms with Crippen molar-refractivity contribution in [1.82, 2.24) is 30.0 Å². The molecule has 4 aromatic heterocycles. The van der Waals surface area contributed by atoms with Crippen molar-refractivity contribution in [3.8, 4) is 22.6 Å². The number of hydrogen-bond acceptors (Lipinski definition) is 8. The van der Waals surface area contributed by atoms with Crippen LogP contribution in [0, 0.1) is 6.92 Å². The highest BCUT2D eigenvalue weighted by molar-refractivity contribution is 6.76. The number of aromatic nitrogens is 5. The summed E-state index contributed by atoms with van der Waals surface area (Å²) < 4.78 is 13.4. The highest BCUT2D eigenvalue weighted by Crippen LogP contribution is 2.32. The van der Waals surface area contributed by atoms with Gasteiger partial charge >= 0.3 is 6.09 Å². The van der Waals surface area contributed by atoms with Crippen LogP contribution < -0.4 is 10.2 Å². The molecule has 1 unspecified atom stereocenters. The Morgan fingerprint density at radius 1 is 1.14 bits per heavy atom. The predicted octanol–water partition coefficient (Wildman–Crippen LogP) is 6.28. The van der Waals surface area contributed by atoms with Gasteiger partial charge < -0.3 is 19.7 Å². The van der Waals surface area contributed by atoms with Gasteiger partial charge in [-0.25, -0.2) is 14.5 Å². The van der Waals surface area contributed by atoms with Crippen LogP contribution in [0.1, 0.15) is 32.8 Å². The van der Waals surface area contributed by atoms with Gasteiger partial charge in [-0.15, -0.1) is 0 Å². The molecule has 1 fully saturated rings. The van der Waals surface area contributed by atoms with Gasteiger partial charge in [-0.1, -0.05) is 25.7 Å². The molecule has 1 aliphatic heterocycles. The number of fused-ring (bicyclic) bond motifs is 1. The summed E-state index contributed by atoms with van der Waals surface area (Å²) in [5.41, 5.74) is 4.74. The standard InChI is InChI=1S/C32H43N7O3Si/c1-22-10-11-26(36-30(22)38-14-12-24(20-38)35-31(40)42-32(2,3)4)29-25-17-27(23-9-8-13-33-18-23)34-19-28(25)39(37-29)21-41-15-16-43(5,6)7/h8-11,13,17-19,24H,12,14-16,20-21H2,1-7H3,(H,35,40). The predicted molar refractivity (Wildman–Crippen MR) is 173 cm³/mol. The molecule has 1 N–H and O–H groups in total. The van der Waals surface area contributed by atoms with E-state index in [1.54, 1.807) is 6.20 Å². The summed E-state index contributed by atoms with van der Waals surface area (Å²) in [5.74, 6) is 0.890. The lowest BCUT2D eigenvalue weighted by Crippen LogP contribution is -2.40. The summed E-state index contributed by atoms with van der Waals surface area (Å²) in [6.07, 6.45) is 5.86. The fourth-order valence-electron chi connectivity index (χ4n) is 5.08. The Balaban J connectivity index is 1.44. The average molecular weight is 602 g/mol. The summed E-state index contributed by atoms with van der Waals surface area (Å²) in [7, 11) is -1.21. The van der Waals surface area contributed by atoms with E-state index in [2.05, 4.69) is 53.9 Å². The maximum atomic E-state index is 12.4. The molecular weight excluding hydrogens is 558 g/mol. The number of aryl methyl sites for hydroxylation is 1. The van der Waals surface area contributed by atoms with E-state index in [0.29, 0.717) is 19.9 Å². The third kappa shape index (κ3) is 7.77. The second-order valence-electron chi connectivity index (χ2n) is 13.4. The normalized spacial score (nSPS) is 15.7. The highest BCUT2D eigenvalue weighted by atomic mass is 28.3. The number of hydrogen-bond donors (Lipinski definition) is 1. The Hall–Kier alpha value is -3.83. The maximum Gasteiger partial charge on any atom is 0.407 e. The van der Waals surface area contributed by atoms with Gasteiger partial charge in [-0.2, -0.15) is 5.10 Å². The Labute approximate surface area is 254 Å². The molecule has 0 aromatic carbocycles. The van der Waals surface area contributed by atoms with E-state index in [1.165, 1.54) is 0 Å². The SMILES string of the molecule is Cc1ccc(-c2nn(COCC[Si](C)(C)C)c3cnc(-c4cccnc4)cc23)nc1N1CCC(NC(=O)OC(C)(C)C)C1. The molecular formula is C32H43N7O3Si. The molecule has 0 bridgehead atoms. The van der Waals surface area contributed by atoms with E-state index in [4.69, 9.17) is 24.5 Å². The van der Waals surface area contributed by atoms with E-state index >= 15 is 0 Å². The lowest BCUT2D eigenvalue weighted by molar-refractivity contribution is 0.0509. The van der Waals surface area contributed by atoms with Crippen LogP contribution in [0.3, 0.4) is 0 Å². The largest absolute Gasteiger partial charge is 0.444 e. The zero-order valence-electron chi connectivity index (χ0n) is 26.3. The van der Waals surface area contributed by atoms with Crippen molar-refractivity contribution in [2.24, 2.45) is 0 Å². The van der Waals surface area contributed by atoms with E-state index in [-0.39, 0.29) is 12.1 Å². The first kappa shape index (κ1) is 30.6. The van der Waals surface area contributed by atoms with Gasteiger partial charge in [-0.3, -0.25) is 9.97 Å². The quantitative estimate of drug-likeness (QED) is 0.176. The second kappa shape index (κ2) is 12.4. The number of pyridine rings is 3. The molecule has 228 valence electrons. The van der Waals surface area contributed by atoms with E-state index in [0.717, 1.165) is 63.9 Å². The molecule has 43 heavy (non-hydrogen) atoms. The number of carbonyl (C=O) groups is 1. The number of alkyl carbamates (subject to hydrolysis) is 1. The molecule has 10 nitrogen and oxygen atoms in total. The first-order valence-electron chi connectivity index (χ1n) is 14.9. The molecule has 11 heteroatoms. The van der Waals surface area contributed by atoms with Crippen LogP contribution in [0.5, 0.6) is 0 Å². The molecule has 1 atom stereocenters. The van der Waals surface area contributed by atoms with Crippen molar-refractivity contribution in [3.63, 3.8) is 0 Å². The van der Waals surface area contributed by atoms with Gasteiger partial charge in [0.05, 0.1) is 29.1 Å². The van der Waals surface area contributed by atoms with Crippen LogP contribution in [0.25, 0.3) is 33.5 Å². The molecule has 1 amide bonds. The van der Waals surface area contributed by atoms with Crippen molar-refractivity contribution >= 4 is 30.9 Å². The van der Waals surface area contributed by atoms with Crippen LogP contribution >= 0.6 is 0 Å². The second-order valence-corrected chi connectivity index (χ2v) is 19.1. The minimum atomic E-state index is -1.21. The highest BCUT2D eigenvalue weighted by Gasteiger charge is 2.28. The smallest absolute Gasteiger partial charge is 0.407 e. The number of anilines is 1. The Bertz CT molecular complexity index is 1580. The fourth-order valence-corrected chi connectivity index (χ4v) is 5.83.